The summed E-state index contributed by atoms with van der Waals surface area (Å²) in [6.07, 6.45) is -4.57. The molecule has 11 heteroatoms. The fourth-order valence-electron chi connectivity index (χ4n) is 5.01. The van der Waals surface area contributed by atoms with Crippen molar-refractivity contribution in [3.63, 3.8) is 0 Å². The third kappa shape index (κ3) is 4.27. The number of amides is 1. The van der Waals surface area contributed by atoms with Gasteiger partial charge in [-0.3, -0.25) is 19.1 Å². The van der Waals surface area contributed by atoms with Crippen LogP contribution in [0.15, 0.2) is 58.3 Å². The molecular weight excluding hydrogens is 497 g/mol. The van der Waals surface area contributed by atoms with E-state index >= 15 is 4.39 Å². The molecule has 2 N–H and O–H groups in total. The van der Waals surface area contributed by atoms with Crippen molar-refractivity contribution in [3.05, 3.63) is 86.2 Å². The maximum atomic E-state index is 15.2. The summed E-state index contributed by atoms with van der Waals surface area (Å²) in [5.41, 5.74) is 0.143. The Hall–Kier alpha value is -3.96. The average molecular weight is 526 g/mol. The largest absolute Gasteiger partial charge is 0.493 e. The van der Waals surface area contributed by atoms with E-state index in [1.165, 1.54) is 25.3 Å². The molecule has 1 amide bonds. The van der Waals surface area contributed by atoms with Crippen LogP contribution >= 0.6 is 0 Å². The van der Waals surface area contributed by atoms with Gasteiger partial charge in [-0.2, -0.15) is 0 Å². The molecule has 1 aromatic heterocycles. The number of carbonyl (C=O) groups excluding carboxylic acids is 1. The molecule has 0 radical (unpaired) electrons. The second-order valence-corrected chi connectivity index (χ2v) is 9.34. The van der Waals surface area contributed by atoms with Crippen LogP contribution in [0.1, 0.15) is 35.8 Å². The van der Waals surface area contributed by atoms with Gasteiger partial charge in [-0.05, 0) is 18.6 Å². The second-order valence-electron chi connectivity index (χ2n) is 9.34. The van der Waals surface area contributed by atoms with E-state index in [0.717, 1.165) is 4.57 Å². The minimum absolute atomic E-state index is 0.144. The van der Waals surface area contributed by atoms with Crippen molar-refractivity contribution in [2.24, 2.45) is 0 Å². The molecule has 1 saturated heterocycles. The number of likely N-dealkylation sites (N-methyl/N-ethyl adjacent to an activating group) is 1. The molecule has 2 aliphatic heterocycles. The summed E-state index contributed by atoms with van der Waals surface area (Å²) in [5.74, 6) is 0.374. The van der Waals surface area contributed by atoms with E-state index in [9.17, 15) is 19.5 Å². The van der Waals surface area contributed by atoms with Crippen LogP contribution in [0, 0.1) is 0 Å². The van der Waals surface area contributed by atoms with Gasteiger partial charge in [-0.1, -0.05) is 37.3 Å². The Labute approximate surface area is 217 Å². The molecule has 0 saturated carbocycles. The highest BCUT2D eigenvalue weighted by atomic mass is 19.1. The molecule has 3 heterocycles. The molecular formula is C27H28FN3O7. The molecule has 5 rings (SSSR count). The van der Waals surface area contributed by atoms with Gasteiger partial charge in [0, 0.05) is 36.5 Å². The first-order valence-corrected chi connectivity index (χ1v) is 12.3. The Balaban J connectivity index is 1.42. The number of methoxy groups -OCH3 is 1. The third-order valence-corrected chi connectivity index (χ3v) is 7.05. The number of para-hydroxylation sites is 2. The first-order chi connectivity index (χ1) is 18.2. The van der Waals surface area contributed by atoms with Gasteiger partial charge in [-0.15, -0.1) is 0 Å². The van der Waals surface area contributed by atoms with Crippen LogP contribution in [-0.4, -0.2) is 64.5 Å². The average Bonchev–Trinajstić information content (AvgIpc) is 3.19. The molecule has 10 nitrogen and oxygen atoms in total. The van der Waals surface area contributed by atoms with E-state index in [2.05, 4.69) is 4.98 Å². The topological polar surface area (TPSA) is 123 Å². The molecule has 38 heavy (non-hydrogen) atoms. The summed E-state index contributed by atoms with van der Waals surface area (Å²) >= 11 is 0. The predicted molar refractivity (Wildman–Crippen MR) is 135 cm³/mol. The van der Waals surface area contributed by atoms with E-state index in [1.54, 1.807) is 43.3 Å². The highest BCUT2D eigenvalue weighted by Crippen LogP contribution is 2.48. The second kappa shape index (κ2) is 10.1. The van der Waals surface area contributed by atoms with Crippen LogP contribution in [-0.2, 0) is 16.0 Å². The number of aliphatic hydroxyl groups is 1. The van der Waals surface area contributed by atoms with Crippen LogP contribution in [0.25, 0.3) is 0 Å². The molecule has 2 aromatic carbocycles. The number of carbonyl (C=O) groups is 1. The number of aromatic nitrogens is 2. The zero-order chi connectivity index (χ0) is 27.1. The highest BCUT2D eigenvalue weighted by molar-refractivity contribution is 5.90. The number of hydrogen-bond acceptors (Lipinski definition) is 7. The van der Waals surface area contributed by atoms with Gasteiger partial charge in [0.25, 0.3) is 5.56 Å². The van der Waals surface area contributed by atoms with Gasteiger partial charge in [-0.25, -0.2) is 9.18 Å². The Morgan fingerprint density at radius 3 is 2.66 bits per heavy atom. The fourth-order valence-corrected chi connectivity index (χ4v) is 5.01. The van der Waals surface area contributed by atoms with Gasteiger partial charge in [0.15, 0.2) is 23.9 Å². The van der Waals surface area contributed by atoms with Gasteiger partial charge in [0.05, 0.1) is 13.0 Å². The van der Waals surface area contributed by atoms with E-state index in [1.807, 2.05) is 6.07 Å². The van der Waals surface area contributed by atoms with Crippen molar-refractivity contribution in [1.82, 2.24) is 14.5 Å². The first kappa shape index (κ1) is 25.7. The van der Waals surface area contributed by atoms with Crippen molar-refractivity contribution in [3.8, 4) is 17.2 Å². The summed E-state index contributed by atoms with van der Waals surface area (Å²) in [5, 5.41) is 10.6. The SMILES string of the molecule is CCc1cn([C@@H]2O[C@H](CN(C)C(=O)[C@H]3c4ccccc4Oc4c(OC)cccc43)[C@@H](O)[C@H]2F)c(=O)[nH]c1=O. The number of aromatic amines is 1. The molecule has 3 aromatic rings. The molecule has 0 spiro atoms. The molecule has 1 fully saturated rings. The van der Waals surface area contributed by atoms with Crippen molar-refractivity contribution >= 4 is 5.91 Å². The molecule has 5 atom stereocenters. The third-order valence-electron chi connectivity index (χ3n) is 7.05. The highest BCUT2D eigenvalue weighted by Gasteiger charge is 2.47. The number of hydrogen-bond donors (Lipinski definition) is 2. The molecule has 2 aliphatic rings. The van der Waals surface area contributed by atoms with E-state index in [4.69, 9.17) is 14.2 Å². The minimum Gasteiger partial charge on any atom is -0.493 e. The van der Waals surface area contributed by atoms with E-state index in [-0.39, 0.29) is 18.0 Å². The van der Waals surface area contributed by atoms with Gasteiger partial charge >= 0.3 is 5.69 Å². The maximum absolute atomic E-state index is 15.2. The number of aryl methyl sites for hydroxylation is 1. The summed E-state index contributed by atoms with van der Waals surface area (Å²) in [6.45, 7) is 1.58. The van der Waals surface area contributed by atoms with Crippen LogP contribution < -0.4 is 20.7 Å². The lowest BCUT2D eigenvalue weighted by molar-refractivity contribution is -0.133. The number of rotatable bonds is 6. The number of alkyl halides is 1. The Bertz CT molecular complexity index is 1490. The van der Waals surface area contributed by atoms with Crippen LogP contribution in [0.2, 0.25) is 0 Å². The summed E-state index contributed by atoms with van der Waals surface area (Å²) in [4.78, 5) is 41.6. The Morgan fingerprint density at radius 1 is 1.18 bits per heavy atom. The molecule has 0 unspecified atom stereocenters. The lowest BCUT2D eigenvalue weighted by Crippen LogP contribution is -2.42. The predicted octanol–water partition coefficient (Wildman–Crippen LogP) is 2.10. The summed E-state index contributed by atoms with van der Waals surface area (Å²) in [7, 11) is 3.06. The smallest absolute Gasteiger partial charge is 0.330 e. The van der Waals surface area contributed by atoms with Crippen molar-refractivity contribution < 1.29 is 28.5 Å². The fraction of sp³-hybridized carbons (Fsp3) is 0.370. The summed E-state index contributed by atoms with van der Waals surface area (Å²) < 4.78 is 33.3. The minimum atomic E-state index is -1.95. The van der Waals surface area contributed by atoms with E-state index in [0.29, 0.717) is 34.8 Å². The van der Waals surface area contributed by atoms with Crippen molar-refractivity contribution in [1.29, 1.82) is 0 Å². The molecule has 0 aliphatic carbocycles. The maximum Gasteiger partial charge on any atom is 0.330 e. The van der Waals surface area contributed by atoms with Gasteiger partial charge in [0.1, 0.15) is 18.0 Å². The quantitative estimate of drug-likeness (QED) is 0.505. The number of ether oxygens (including phenoxy) is 3. The standard InChI is InChI=1S/C27H28FN3O7/c1-4-14-12-31(27(35)29-24(14)33)26-21(28)22(32)19(38-26)13-30(2)25(34)20-15-8-5-6-10-17(15)37-23-16(20)9-7-11-18(23)36-3/h5-12,19-22,26,32H,4,13H2,1-3H3,(H,29,33,35)/t19-,20+,21-,22-,26-/m1/s1. The van der Waals surface area contributed by atoms with Crippen LogP contribution in [0.3, 0.4) is 0 Å². The number of aliphatic hydroxyl groups excluding tert-OH is 1. The zero-order valence-electron chi connectivity index (χ0n) is 21.1. The normalized spacial score (nSPS) is 23.8. The number of nitrogens with zero attached hydrogens (tertiary/aromatic N) is 2. The van der Waals surface area contributed by atoms with Crippen molar-refractivity contribution in [2.45, 2.75) is 43.9 Å². The van der Waals surface area contributed by atoms with Crippen LogP contribution in [0.4, 0.5) is 4.39 Å². The number of halogens is 1. The number of H-pyrrole nitrogens is 1. The number of benzene rings is 2. The van der Waals surface area contributed by atoms with Crippen molar-refractivity contribution in [2.75, 3.05) is 20.7 Å². The lowest BCUT2D eigenvalue weighted by atomic mass is 9.86. The Kier molecular flexibility index (Phi) is 6.80. The number of nitrogens with one attached hydrogen (secondary N) is 1. The lowest BCUT2D eigenvalue weighted by Gasteiger charge is -2.32. The summed E-state index contributed by atoms with van der Waals surface area (Å²) in [6, 6.07) is 12.5. The van der Waals surface area contributed by atoms with E-state index < -0.39 is 41.8 Å². The van der Waals surface area contributed by atoms with Gasteiger partial charge < -0.3 is 24.2 Å². The Morgan fingerprint density at radius 2 is 1.92 bits per heavy atom. The molecule has 0 bridgehead atoms. The number of fused-ring (bicyclic) bond motifs is 2. The van der Waals surface area contributed by atoms with Gasteiger partial charge in [0.2, 0.25) is 5.91 Å². The monoisotopic (exact) mass is 525 g/mol. The van der Waals surface area contributed by atoms with Crippen LogP contribution in [0.5, 0.6) is 17.2 Å². The zero-order valence-corrected chi connectivity index (χ0v) is 21.1. The first-order valence-electron chi connectivity index (χ1n) is 12.3. The molecule has 200 valence electrons.